The van der Waals surface area contributed by atoms with Gasteiger partial charge in [-0.1, -0.05) is 22.6 Å². The fourth-order valence-corrected chi connectivity index (χ4v) is 1.95. The van der Waals surface area contributed by atoms with Gasteiger partial charge < -0.3 is 10.1 Å². The largest absolute Gasteiger partial charge is 0.381 e. The van der Waals surface area contributed by atoms with Crippen molar-refractivity contribution in [2.24, 2.45) is 0 Å². The lowest BCUT2D eigenvalue weighted by Gasteiger charge is -2.07. The van der Waals surface area contributed by atoms with Crippen LogP contribution in [0, 0.1) is 20.2 Å². The predicted octanol–water partition coefficient (Wildman–Crippen LogP) is 3.15. The third-order valence-electron chi connectivity index (χ3n) is 2.64. The van der Waals surface area contributed by atoms with E-state index in [0.717, 1.165) is 29.9 Å². The number of benzene rings is 1. The molecule has 0 radical (unpaired) electrons. The van der Waals surface area contributed by atoms with Crippen molar-refractivity contribution in [2.45, 2.75) is 12.8 Å². The van der Waals surface area contributed by atoms with Gasteiger partial charge >= 0.3 is 0 Å². The molecule has 0 aliphatic carbocycles. The summed E-state index contributed by atoms with van der Waals surface area (Å²) in [6.45, 7) is 1.93. The van der Waals surface area contributed by atoms with E-state index in [9.17, 15) is 20.2 Å². The van der Waals surface area contributed by atoms with Crippen LogP contribution in [-0.4, -0.2) is 34.0 Å². The van der Waals surface area contributed by atoms with Gasteiger partial charge in [-0.3, -0.25) is 20.2 Å². The summed E-state index contributed by atoms with van der Waals surface area (Å²) >= 11 is 2.23. The number of nitro groups is 2. The third kappa shape index (κ3) is 6.21. The van der Waals surface area contributed by atoms with Crippen LogP contribution >= 0.6 is 22.6 Å². The van der Waals surface area contributed by atoms with E-state index in [4.69, 9.17) is 4.74 Å². The topological polar surface area (TPSA) is 108 Å². The Hall–Kier alpha value is -1.49. The lowest BCUT2D eigenvalue weighted by Crippen LogP contribution is -2.06. The summed E-state index contributed by atoms with van der Waals surface area (Å²) in [7, 11) is 0. The molecule has 0 atom stereocenters. The zero-order valence-corrected chi connectivity index (χ0v) is 13.4. The SMILES string of the molecule is O=[N+]([O-])c1ccc(NCCCCOCCI)c([N+](=O)[O-])c1. The number of halogens is 1. The zero-order valence-electron chi connectivity index (χ0n) is 11.3. The number of alkyl halides is 1. The van der Waals surface area contributed by atoms with E-state index < -0.39 is 9.85 Å². The van der Waals surface area contributed by atoms with Gasteiger partial charge in [-0.15, -0.1) is 0 Å². The van der Waals surface area contributed by atoms with E-state index in [1.165, 1.54) is 12.1 Å². The number of nitro benzene ring substituents is 2. The molecule has 0 bridgehead atoms. The summed E-state index contributed by atoms with van der Waals surface area (Å²) in [5.41, 5.74) is -0.288. The quantitative estimate of drug-likeness (QED) is 0.209. The van der Waals surface area contributed by atoms with Crippen LogP contribution < -0.4 is 5.32 Å². The van der Waals surface area contributed by atoms with Crippen LogP contribution in [0.4, 0.5) is 17.1 Å². The Morgan fingerprint density at radius 1 is 1.14 bits per heavy atom. The molecule has 1 aromatic carbocycles. The molecule has 0 saturated carbocycles. The van der Waals surface area contributed by atoms with Gasteiger partial charge in [0.15, 0.2) is 0 Å². The van der Waals surface area contributed by atoms with Crippen LogP contribution in [-0.2, 0) is 4.74 Å². The molecular weight excluding hydrogens is 393 g/mol. The number of rotatable bonds is 10. The van der Waals surface area contributed by atoms with E-state index in [0.29, 0.717) is 18.8 Å². The number of hydrogen-bond donors (Lipinski definition) is 1. The molecule has 9 heteroatoms. The number of non-ortho nitro benzene ring substituents is 1. The summed E-state index contributed by atoms with van der Waals surface area (Å²) in [6, 6.07) is 3.58. The zero-order chi connectivity index (χ0) is 15.7. The number of nitrogens with one attached hydrogen (secondary N) is 1. The second kappa shape index (κ2) is 9.45. The van der Waals surface area contributed by atoms with Gasteiger partial charge in [0.2, 0.25) is 0 Å². The molecule has 21 heavy (non-hydrogen) atoms. The number of ether oxygens (including phenoxy) is 1. The first-order chi connectivity index (χ1) is 10.1. The van der Waals surface area contributed by atoms with Gasteiger partial charge in [0.05, 0.1) is 22.5 Å². The van der Waals surface area contributed by atoms with Crippen LogP contribution in [0.5, 0.6) is 0 Å². The van der Waals surface area contributed by atoms with Crippen LogP contribution in [0.2, 0.25) is 0 Å². The molecule has 1 rings (SSSR count). The van der Waals surface area contributed by atoms with Crippen molar-refractivity contribution in [3.63, 3.8) is 0 Å². The minimum absolute atomic E-state index is 0.287. The number of unbranched alkanes of at least 4 members (excludes halogenated alkanes) is 1. The molecule has 0 spiro atoms. The monoisotopic (exact) mass is 409 g/mol. The second-order valence-corrected chi connectivity index (χ2v) is 5.23. The Kier molecular flexibility index (Phi) is 7.90. The highest BCUT2D eigenvalue weighted by molar-refractivity contribution is 14.1. The van der Waals surface area contributed by atoms with E-state index in [2.05, 4.69) is 27.9 Å². The molecule has 0 unspecified atom stereocenters. The Labute approximate surface area is 135 Å². The highest BCUT2D eigenvalue weighted by Gasteiger charge is 2.18. The molecular formula is C12H16IN3O5. The normalized spacial score (nSPS) is 10.3. The van der Waals surface area contributed by atoms with Gasteiger partial charge in [-0.2, -0.15) is 0 Å². The van der Waals surface area contributed by atoms with Gasteiger partial charge in [-0.05, 0) is 18.9 Å². The Balaban J connectivity index is 2.51. The summed E-state index contributed by atoms with van der Waals surface area (Å²) in [5.74, 6) is 0. The van der Waals surface area contributed by atoms with E-state index in [-0.39, 0.29) is 11.4 Å². The van der Waals surface area contributed by atoms with E-state index >= 15 is 0 Å². The highest BCUT2D eigenvalue weighted by atomic mass is 127. The Morgan fingerprint density at radius 3 is 2.52 bits per heavy atom. The summed E-state index contributed by atoms with van der Waals surface area (Å²) in [6.07, 6.45) is 1.65. The number of hydrogen-bond acceptors (Lipinski definition) is 6. The minimum atomic E-state index is -0.652. The van der Waals surface area contributed by atoms with Crippen molar-refractivity contribution in [1.82, 2.24) is 0 Å². The van der Waals surface area contributed by atoms with Gasteiger partial charge in [0, 0.05) is 23.6 Å². The fraction of sp³-hybridized carbons (Fsp3) is 0.500. The first kappa shape index (κ1) is 17.6. The molecule has 0 heterocycles. The molecule has 116 valence electrons. The molecule has 0 saturated heterocycles. The van der Waals surface area contributed by atoms with Crippen molar-refractivity contribution in [2.75, 3.05) is 29.5 Å². The fourth-order valence-electron chi connectivity index (χ4n) is 1.64. The number of nitrogens with zero attached hydrogens (tertiary/aromatic N) is 2. The molecule has 1 N–H and O–H groups in total. The van der Waals surface area contributed by atoms with Crippen LogP contribution in [0.15, 0.2) is 18.2 Å². The van der Waals surface area contributed by atoms with Crippen molar-refractivity contribution in [3.05, 3.63) is 38.4 Å². The maximum atomic E-state index is 10.9. The van der Waals surface area contributed by atoms with Gasteiger partial charge in [-0.25, -0.2) is 0 Å². The van der Waals surface area contributed by atoms with Crippen molar-refractivity contribution in [1.29, 1.82) is 0 Å². The van der Waals surface area contributed by atoms with E-state index in [1.54, 1.807) is 0 Å². The van der Waals surface area contributed by atoms with Crippen molar-refractivity contribution >= 4 is 39.7 Å². The first-order valence-electron chi connectivity index (χ1n) is 6.36. The predicted molar refractivity (Wildman–Crippen MR) is 87.2 cm³/mol. The molecule has 0 fully saturated rings. The summed E-state index contributed by atoms with van der Waals surface area (Å²) < 4.78 is 6.27. The third-order valence-corrected chi connectivity index (χ3v) is 3.08. The molecule has 0 aromatic heterocycles. The Morgan fingerprint density at radius 2 is 1.90 bits per heavy atom. The average Bonchev–Trinajstić information content (AvgIpc) is 2.46. The second-order valence-electron chi connectivity index (χ2n) is 4.15. The summed E-state index contributed by atoms with van der Waals surface area (Å²) in [4.78, 5) is 20.3. The maximum absolute atomic E-state index is 10.9. The van der Waals surface area contributed by atoms with Crippen molar-refractivity contribution in [3.8, 4) is 0 Å². The molecule has 0 aliphatic rings. The Bertz CT molecular complexity index is 498. The smallest absolute Gasteiger partial charge is 0.299 e. The van der Waals surface area contributed by atoms with Crippen molar-refractivity contribution < 1.29 is 14.6 Å². The van der Waals surface area contributed by atoms with Crippen LogP contribution in [0.1, 0.15) is 12.8 Å². The highest BCUT2D eigenvalue weighted by Crippen LogP contribution is 2.28. The lowest BCUT2D eigenvalue weighted by atomic mass is 10.2. The minimum Gasteiger partial charge on any atom is -0.381 e. The standard InChI is InChI=1S/C12H16IN3O5/c13-5-8-21-7-2-1-6-14-11-4-3-10(15(17)18)9-12(11)16(19)20/h3-4,9,14H,1-2,5-8H2. The first-order valence-corrected chi connectivity index (χ1v) is 7.89. The van der Waals surface area contributed by atoms with Gasteiger partial charge in [0.1, 0.15) is 5.69 Å². The van der Waals surface area contributed by atoms with E-state index in [1.807, 2.05) is 0 Å². The van der Waals surface area contributed by atoms with Crippen LogP contribution in [0.25, 0.3) is 0 Å². The molecule has 1 aromatic rings. The van der Waals surface area contributed by atoms with Gasteiger partial charge in [0.25, 0.3) is 11.4 Å². The molecule has 0 aliphatic heterocycles. The molecule has 0 amide bonds. The average molecular weight is 409 g/mol. The maximum Gasteiger partial charge on any atom is 0.299 e. The number of anilines is 1. The van der Waals surface area contributed by atoms with Crippen LogP contribution in [0.3, 0.4) is 0 Å². The summed E-state index contributed by atoms with van der Waals surface area (Å²) in [5, 5.41) is 24.5. The lowest BCUT2D eigenvalue weighted by molar-refractivity contribution is -0.393. The molecule has 8 nitrogen and oxygen atoms in total.